The highest BCUT2D eigenvalue weighted by Crippen LogP contribution is 2.31. The van der Waals surface area contributed by atoms with Gasteiger partial charge in [0.2, 0.25) is 0 Å². The molecule has 4 N–H and O–H groups in total. The summed E-state index contributed by atoms with van der Waals surface area (Å²) >= 11 is 0. The van der Waals surface area contributed by atoms with E-state index >= 15 is 0 Å². The highest BCUT2D eigenvalue weighted by molar-refractivity contribution is 7.92. The molecule has 0 bridgehead atoms. The molecule has 0 spiro atoms. The van der Waals surface area contributed by atoms with Gasteiger partial charge in [0.15, 0.2) is 0 Å². The first-order chi connectivity index (χ1) is 12.8. The minimum atomic E-state index is -3.73. The first-order valence-corrected chi connectivity index (χ1v) is 10.5. The smallest absolute Gasteiger partial charge is 0.261 e. The zero-order chi connectivity index (χ0) is 19.6. The van der Waals surface area contributed by atoms with Crippen molar-refractivity contribution in [3.05, 3.63) is 59.2 Å². The van der Waals surface area contributed by atoms with Gasteiger partial charge < -0.3 is 11.1 Å². The lowest BCUT2D eigenvalue weighted by molar-refractivity contribution is 0.0950. The summed E-state index contributed by atoms with van der Waals surface area (Å²) in [6.45, 7) is 4.22. The second-order valence-electron chi connectivity index (χ2n) is 7.09. The Morgan fingerprint density at radius 2 is 1.81 bits per heavy atom. The second-order valence-corrected chi connectivity index (χ2v) is 8.77. The molecule has 0 aliphatic heterocycles. The van der Waals surface area contributed by atoms with E-state index in [-0.39, 0.29) is 16.8 Å². The summed E-state index contributed by atoms with van der Waals surface area (Å²) in [4.78, 5) is 12.3. The van der Waals surface area contributed by atoms with Crippen LogP contribution in [0, 0.1) is 19.8 Å². The highest BCUT2D eigenvalue weighted by atomic mass is 32.2. The molecule has 1 saturated carbocycles. The van der Waals surface area contributed by atoms with Crippen LogP contribution in [-0.2, 0) is 10.0 Å². The van der Waals surface area contributed by atoms with E-state index in [0.29, 0.717) is 23.7 Å². The van der Waals surface area contributed by atoms with Gasteiger partial charge in [-0.05, 0) is 74.1 Å². The van der Waals surface area contributed by atoms with E-state index in [1.54, 1.807) is 12.1 Å². The fourth-order valence-corrected chi connectivity index (χ4v) is 3.98. The van der Waals surface area contributed by atoms with Gasteiger partial charge >= 0.3 is 0 Å². The largest absolute Gasteiger partial charge is 0.350 e. The van der Waals surface area contributed by atoms with Crippen molar-refractivity contribution in [3.8, 4) is 0 Å². The molecule has 1 amide bonds. The Morgan fingerprint density at radius 1 is 1.15 bits per heavy atom. The predicted molar refractivity (Wildman–Crippen MR) is 106 cm³/mol. The molecule has 27 heavy (non-hydrogen) atoms. The minimum absolute atomic E-state index is 0.0182. The zero-order valence-corrected chi connectivity index (χ0v) is 16.3. The Bertz CT molecular complexity index is 935. The van der Waals surface area contributed by atoms with E-state index in [2.05, 4.69) is 10.0 Å². The third kappa shape index (κ3) is 4.67. The Morgan fingerprint density at radius 3 is 2.44 bits per heavy atom. The summed E-state index contributed by atoms with van der Waals surface area (Å²) in [6.07, 6.45) is 2.24. The standard InChI is InChI=1S/C20H25N3O3S/c1-13-4-3-5-19(14(13)2)23-27(25,26)17-10-8-16(9-11-17)20(24)22-12-18(21)15-6-7-15/h3-5,8-11,15,18,23H,6-7,12,21H2,1-2H3,(H,22,24). The lowest BCUT2D eigenvalue weighted by atomic mass is 10.1. The number of hydrogen-bond donors (Lipinski definition) is 3. The highest BCUT2D eigenvalue weighted by Gasteiger charge is 2.28. The molecule has 1 aliphatic carbocycles. The van der Waals surface area contributed by atoms with E-state index in [1.165, 1.54) is 24.3 Å². The van der Waals surface area contributed by atoms with E-state index in [0.717, 1.165) is 24.0 Å². The summed E-state index contributed by atoms with van der Waals surface area (Å²) in [5.41, 5.74) is 8.82. The molecule has 2 aromatic carbocycles. The molecule has 0 heterocycles. The molecular formula is C20H25N3O3S. The van der Waals surface area contributed by atoms with Gasteiger partial charge in [0.05, 0.1) is 10.6 Å². The topological polar surface area (TPSA) is 101 Å². The van der Waals surface area contributed by atoms with Crippen molar-refractivity contribution >= 4 is 21.6 Å². The SMILES string of the molecule is Cc1cccc(NS(=O)(=O)c2ccc(C(=O)NCC(N)C3CC3)cc2)c1C. The molecule has 2 aromatic rings. The summed E-state index contributed by atoms with van der Waals surface area (Å²) < 4.78 is 27.8. The number of rotatable bonds is 7. The van der Waals surface area contributed by atoms with Crippen LogP contribution < -0.4 is 15.8 Å². The van der Waals surface area contributed by atoms with Crippen molar-refractivity contribution < 1.29 is 13.2 Å². The van der Waals surface area contributed by atoms with Crippen LogP contribution in [-0.4, -0.2) is 26.9 Å². The molecule has 7 heteroatoms. The molecule has 144 valence electrons. The molecule has 1 atom stereocenters. The fourth-order valence-electron chi connectivity index (χ4n) is 2.85. The third-order valence-electron chi connectivity index (χ3n) is 5.00. The van der Waals surface area contributed by atoms with Crippen molar-refractivity contribution in [2.45, 2.75) is 37.6 Å². The van der Waals surface area contributed by atoms with Gasteiger partial charge in [0.25, 0.3) is 15.9 Å². The summed E-state index contributed by atoms with van der Waals surface area (Å²) in [5.74, 6) is 0.256. The number of nitrogens with two attached hydrogens (primary N) is 1. The first kappa shape index (κ1) is 19.4. The first-order valence-electron chi connectivity index (χ1n) is 9.01. The Labute approximate surface area is 160 Å². The number of carbonyl (C=O) groups is 1. The van der Waals surface area contributed by atoms with E-state index < -0.39 is 10.0 Å². The van der Waals surface area contributed by atoms with Gasteiger partial charge in [-0.3, -0.25) is 9.52 Å². The van der Waals surface area contributed by atoms with Crippen LogP contribution in [0.5, 0.6) is 0 Å². The molecule has 1 fully saturated rings. The molecule has 0 radical (unpaired) electrons. The Balaban J connectivity index is 1.68. The van der Waals surface area contributed by atoms with Crippen LogP contribution in [0.4, 0.5) is 5.69 Å². The summed E-state index contributed by atoms with van der Waals surface area (Å²) in [6, 6.07) is 11.3. The van der Waals surface area contributed by atoms with E-state index in [1.807, 2.05) is 19.9 Å². The van der Waals surface area contributed by atoms with Gasteiger partial charge in [-0.1, -0.05) is 12.1 Å². The molecule has 3 rings (SSSR count). The van der Waals surface area contributed by atoms with Crippen LogP contribution in [0.3, 0.4) is 0 Å². The van der Waals surface area contributed by atoms with Crippen molar-refractivity contribution in [2.24, 2.45) is 11.7 Å². The monoisotopic (exact) mass is 387 g/mol. The van der Waals surface area contributed by atoms with Crippen LogP contribution in [0.15, 0.2) is 47.4 Å². The van der Waals surface area contributed by atoms with Crippen molar-refractivity contribution in [1.29, 1.82) is 0 Å². The summed E-state index contributed by atoms with van der Waals surface area (Å²) in [5, 5.41) is 2.80. The number of aryl methyl sites for hydroxylation is 1. The number of anilines is 1. The maximum absolute atomic E-state index is 12.6. The maximum atomic E-state index is 12.6. The molecule has 0 saturated heterocycles. The second kappa shape index (κ2) is 7.70. The Hall–Kier alpha value is -2.38. The third-order valence-corrected chi connectivity index (χ3v) is 6.38. The van der Waals surface area contributed by atoms with Crippen molar-refractivity contribution in [1.82, 2.24) is 5.32 Å². The molecule has 1 aliphatic rings. The average Bonchev–Trinajstić information content (AvgIpc) is 3.48. The number of sulfonamides is 1. The van der Waals surface area contributed by atoms with E-state index in [4.69, 9.17) is 5.73 Å². The van der Waals surface area contributed by atoms with Gasteiger partial charge in [-0.25, -0.2) is 8.42 Å². The molecule has 0 aromatic heterocycles. The molecule has 1 unspecified atom stereocenters. The van der Waals surface area contributed by atoms with Crippen molar-refractivity contribution in [3.63, 3.8) is 0 Å². The fraction of sp³-hybridized carbons (Fsp3) is 0.350. The predicted octanol–water partition coefficient (Wildman–Crippen LogP) is 2.57. The number of carbonyl (C=O) groups excluding carboxylic acids is 1. The van der Waals surface area contributed by atoms with Gasteiger partial charge in [-0.15, -0.1) is 0 Å². The van der Waals surface area contributed by atoms with Crippen LogP contribution in [0.2, 0.25) is 0 Å². The maximum Gasteiger partial charge on any atom is 0.261 e. The van der Waals surface area contributed by atoms with Gasteiger partial charge in [0.1, 0.15) is 0 Å². The average molecular weight is 388 g/mol. The van der Waals surface area contributed by atoms with Gasteiger partial charge in [0, 0.05) is 18.2 Å². The number of hydrogen-bond acceptors (Lipinski definition) is 4. The normalized spacial score (nSPS) is 15.2. The van der Waals surface area contributed by atoms with Crippen LogP contribution in [0.25, 0.3) is 0 Å². The van der Waals surface area contributed by atoms with Crippen LogP contribution >= 0.6 is 0 Å². The quantitative estimate of drug-likeness (QED) is 0.679. The lowest BCUT2D eigenvalue weighted by Crippen LogP contribution is -2.38. The number of amides is 1. The number of benzene rings is 2. The zero-order valence-electron chi connectivity index (χ0n) is 15.5. The Kier molecular flexibility index (Phi) is 5.53. The lowest BCUT2D eigenvalue weighted by Gasteiger charge is -2.13. The minimum Gasteiger partial charge on any atom is -0.350 e. The molecule has 6 nitrogen and oxygen atoms in total. The van der Waals surface area contributed by atoms with Crippen molar-refractivity contribution in [2.75, 3.05) is 11.3 Å². The molecular weight excluding hydrogens is 362 g/mol. The van der Waals surface area contributed by atoms with E-state index in [9.17, 15) is 13.2 Å². The van der Waals surface area contributed by atoms with Crippen LogP contribution in [0.1, 0.15) is 34.3 Å². The number of nitrogens with one attached hydrogen (secondary N) is 2. The summed E-state index contributed by atoms with van der Waals surface area (Å²) in [7, 11) is -3.73. The van der Waals surface area contributed by atoms with Gasteiger partial charge in [-0.2, -0.15) is 0 Å².